The van der Waals surface area contributed by atoms with Gasteiger partial charge in [0.2, 0.25) is 0 Å². The van der Waals surface area contributed by atoms with E-state index in [-0.39, 0.29) is 6.61 Å². The van der Waals surface area contributed by atoms with E-state index in [4.69, 9.17) is 16.7 Å². The number of hydrogen-bond donors (Lipinski definition) is 1. The second-order valence-electron chi connectivity index (χ2n) is 2.92. The topological polar surface area (TPSA) is 20.2 Å². The van der Waals surface area contributed by atoms with E-state index < -0.39 is 0 Å². The van der Waals surface area contributed by atoms with Crippen LogP contribution in [0.1, 0.15) is 10.4 Å². The Labute approximate surface area is 105 Å². The largest absolute Gasteiger partial charge is 0.391 e. The lowest BCUT2D eigenvalue weighted by Crippen LogP contribution is -1.83. The van der Waals surface area contributed by atoms with E-state index in [1.165, 1.54) is 10.1 Å². The standard InChI is InChI=1S/C10H8ClIOS/c11-4-6-2-1-3-7-9(6)10(12)8(5-13)14-7/h1-3,13H,4-5H2. The third-order valence-electron chi connectivity index (χ3n) is 2.10. The third kappa shape index (κ3) is 1.66. The van der Waals surface area contributed by atoms with Gasteiger partial charge in [0.15, 0.2) is 0 Å². The molecule has 2 aromatic rings. The van der Waals surface area contributed by atoms with Gasteiger partial charge in [0, 0.05) is 24.4 Å². The highest BCUT2D eigenvalue weighted by Crippen LogP contribution is 2.35. The molecule has 0 fully saturated rings. The minimum Gasteiger partial charge on any atom is -0.391 e. The summed E-state index contributed by atoms with van der Waals surface area (Å²) in [6.45, 7) is 0.110. The average molecular weight is 339 g/mol. The van der Waals surface area contributed by atoms with Crippen LogP contribution in [0.15, 0.2) is 18.2 Å². The van der Waals surface area contributed by atoms with E-state index in [1.54, 1.807) is 11.3 Å². The van der Waals surface area contributed by atoms with Crippen molar-refractivity contribution >= 4 is 55.6 Å². The molecule has 4 heteroatoms. The van der Waals surface area contributed by atoms with E-state index >= 15 is 0 Å². The lowest BCUT2D eigenvalue weighted by atomic mass is 10.1. The third-order valence-corrected chi connectivity index (χ3v) is 5.08. The highest BCUT2D eigenvalue weighted by molar-refractivity contribution is 14.1. The van der Waals surface area contributed by atoms with Crippen molar-refractivity contribution in [2.75, 3.05) is 0 Å². The molecule has 1 aromatic heterocycles. The van der Waals surface area contributed by atoms with Gasteiger partial charge in [-0.05, 0) is 34.2 Å². The summed E-state index contributed by atoms with van der Waals surface area (Å²) in [5.74, 6) is 0.523. The lowest BCUT2D eigenvalue weighted by molar-refractivity contribution is 0.285. The van der Waals surface area contributed by atoms with Gasteiger partial charge in [-0.15, -0.1) is 22.9 Å². The molecule has 1 aromatic carbocycles. The highest BCUT2D eigenvalue weighted by Gasteiger charge is 2.11. The molecule has 0 radical (unpaired) electrons. The van der Waals surface area contributed by atoms with E-state index in [2.05, 4.69) is 28.7 Å². The van der Waals surface area contributed by atoms with Crippen LogP contribution in [0.25, 0.3) is 10.1 Å². The van der Waals surface area contributed by atoms with Gasteiger partial charge in [-0.2, -0.15) is 0 Å². The van der Waals surface area contributed by atoms with Crippen LogP contribution in [0.2, 0.25) is 0 Å². The summed E-state index contributed by atoms with van der Waals surface area (Å²) in [6, 6.07) is 6.11. The lowest BCUT2D eigenvalue weighted by Gasteiger charge is -1.98. The molecule has 0 amide bonds. The van der Waals surface area contributed by atoms with Crippen molar-refractivity contribution in [1.29, 1.82) is 0 Å². The predicted molar refractivity (Wildman–Crippen MR) is 70.0 cm³/mol. The quantitative estimate of drug-likeness (QED) is 0.653. The van der Waals surface area contributed by atoms with Crippen molar-refractivity contribution in [2.24, 2.45) is 0 Å². The molecule has 14 heavy (non-hydrogen) atoms. The predicted octanol–water partition coefficient (Wildman–Crippen LogP) is 3.74. The molecule has 0 aliphatic carbocycles. The minimum absolute atomic E-state index is 0.110. The maximum atomic E-state index is 9.16. The summed E-state index contributed by atoms with van der Waals surface area (Å²) in [7, 11) is 0. The minimum atomic E-state index is 0.110. The smallest absolute Gasteiger partial charge is 0.0785 e. The number of thiophene rings is 1. The molecular formula is C10H8ClIOS. The van der Waals surface area contributed by atoms with E-state index in [9.17, 15) is 0 Å². The molecule has 0 saturated carbocycles. The van der Waals surface area contributed by atoms with Crippen LogP contribution in [0, 0.1) is 3.57 Å². The number of alkyl halides is 1. The molecule has 1 nitrogen and oxygen atoms in total. The van der Waals surface area contributed by atoms with Gasteiger partial charge in [0.1, 0.15) is 0 Å². The van der Waals surface area contributed by atoms with Gasteiger partial charge in [0.05, 0.1) is 6.61 Å². The Morgan fingerprint density at radius 1 is 1.43 bits per heavy atom. The Balaban J connectivity index is 2.79. The fraction of sp³-hybridized carbons (Fsp3) is 0.200. The van der Waals surface area contributed by atoms with Crippen LogP contribution < -0.4 is 0 Å². The fourth-order valence-corrected chi connectivity index (χ4v) is 3.99. The first-order valence-electron chi connectivity index (χ1n) is 4.13. The van der Waals surface area contributed by atoms with Crippen LogP contribution in [0.5, 0.6) is 0 Å². The van der Waals surface area contributed by atoms with Crippen LogP contribution in [-0.4, -0.2) is 5.11 Å². The summed E-state index contributed by atoms with van der Waals surface area (Å²) >= 11 is 9.78. The van der Waals surface area contributed by atoms with Crippen molar-refractivity contribution < 1.29 is 5.11 Å². The molecule has 74 valence electrons. The zero-order valence-electron chi connectivity index (χ0n) is 7.26. The summed E-state index contributed by atoms with van der Waals surface area (Å²) in [5, 5.41) is 10.4. The van der Waals surface area contributed by atoms with E-state index in [1.807, 2.05) is 12.1 Å². The van der Waals surface area contributed by atoms with Gasteiger partial charge < -0.3 is 5.11 Å². The molecule has 1 N–H and O–H groups in total. The number of hydrogen-bond acceptors (Lipinski definition) is 2. The van der Waals surface area contributed by atoms with Gasteiger partial charge >= 0.3 is 0 Å². The molecule has 0 bridgehead atoms. The number of rotatable bonds is 2. The first-order chi connectivity index (χ1) is 6.77. The number of aliphatic hydroxyl groups excluding tert-OH is 1. The SMILES string of the molecule is OCc1sc2cccc(CCl)c2c1I. The number of benzene rings is 1. The Morgan fingerprint density at radius 3 is 2.86 bits per heavy atom. The average Bonchev–Trinajstić information content (AvgIpc) is 2.55. The zero-order chi connectivity index (χ0) is 10.1. The number of aliphatic hydroxyl groups is 1. The fourth-order valence-electron chi connectivity index (χ4n) is 1.44. The van der Waals surface area contributed by atoms with Gasteiger partial charge in [-0.25, -0.2) is 0 Å². The summed E-state index contributed by atoms with van der Waals surface area (Å²) in [4.78, 5) is 1.03. The Bertz CT molecular complexity index is 466. The molecule has 0 spiro atoms. The number of fused-ring (bicyclic) bond motifs is 1. The second-order valence-corrected chi connectivity index (χ2v) is 5.40. The van der Waals surface area contributed by atoms with Gasteiger partial charge in [0.25, 0.3) is 0 Å². The molecule has 0 atom stereocenters. The van der Waals surface area contributed by atoms with Crippen LogP contribution >= 0.6 is 45.5 Å². The molecule has 1 heterocycles. The summed E-state index contributed by atoms with van der Waals surface area (Å²) in [6.07, 6.45) is 0. The van der Waals surface area contributed by atoms with Gasteiger partial charge in [-0.1, -0.05) is 12.1 Å². The first kappa shape index (κ1) is 10.7. The molecule has 0 aliphatic rings. The zero-order valence-corrected chi connectivity index (χ0v) is 11.0. The highest BCUT2D eigenvalue weighted by atomic mass is 127. The summed E-state index contributed by atoms with van der Waals surface area (Å²) in [5.41, 5.74) is 1.14. The van der Waals surface area contributed by atoms with Crippen molar-refractivity contribution in [3.05, 3.63) is 32.2 Å². The molecule has 2 rings (SSSR count). The monoisotopic (exact) mass is 338 g/mol. The Kier molecular flexibility index (Phi) is 3.31. The maximum Gasteiger partial charge on any atom is 0.0785 e. The second kappa shape index (κ2) is 4.35. The maximum absolute atomic E-state index is 9.16. The van der Waals surface area contributed by atoms with Crippen molar-refractivity contribution in [3.63, 3.8) is 0 Å². The first-order valence-corrected chi connectivity index (χ1v) is 6.56. The van der Waals surface area contributed by atoms with E-state index in [0.717, 1.165) is 14.0 Å². The molecule has 0 unspecified atom stereocenters. The van der Waals surface area contributed by atoms with Crippen molar-refractivity contribution in [1.82, 2.24) is 0 Å². The van der Waals surface area contributed by atoms with Gasteiger partial charge in [-0.3, -0.25) is 0 Å². The Morgan fingerprint density at radius 2 is 2.21 bits per heavy atom. The molecular weight excluding hydrogens is 331 g/mol. The van der Waals surface area contributed by atoms with Crippen LogP contribution in [0.4, 0.5) is 0 Å². The molecule has 0 saturated heterocycles. The normalized spacial score (nSPS) is 11.1. The Hall–Kier alpha value is 0.160. The number of halogens is 2. The van der Waals surface area contributed by atoms with E-state index in [0.29, 0.717) is 5.88 Å². The van der Waals surface area contributed by atoms with Crippen molar-refractivity contribution in [3.8, 4) is 0 Å². The van der Waals surface area contributed by atoms with Crippen LogP contribution in [-0.2, 0) is 12.5 Å². The van der Waals surface area contributed by atoms with Crippen molar-refractivity contribution in [2.45, 2.75) is 12.5 Å². The molecule has 0 aliphatic heterocycles. The summed E-state index contributed by atoms with van der Waals surface area (Å²) < 4.78 is 2.35. The van der Waals surface area contributed by atoms with Crippen LogP contribution in [0.3, 0.4) is 0 Å².